The van der Waals surface area contributed by atoms with Gasteiger partial charge in [0.2, 0.25) is 0 Å². The quantitative estimate of drug-likeness (QED) is 0.444. The number of hydrogen-bond donors (Lipinski definition) is 2. The molecule has 0 amide bonds. The molecule has 1 atom stereocenters. The van der Waals surface area contributed by atoms with Gasteiger partial charge in [-0.25, -0.2) is 0 Å². The molecule has 2 heteroatoms. The third-order valence-electron chi connectivity index (χ3n) is 2.35. The molecular weight excluding hydrogens is 176 g/mol. The number of allylic oxidation sites excluding steroid dienone is 2. The van der Waals surface area contributed by atoms with Crippen LogP contribution in [-0.4, -0.2) is 22.9 Å². The van der Waals surface area contributed by atoms with Crippen molar-refractivity contribution in [3.63, 3.8) is 0 Å². The molecule has 0 heterocycles. The van der Waals surface area contributed by atoms with Crippen LogP contribution in [-0.2, 0) is 0 Å². The Hall–Kier alpha value is -0.340. The number of aliphatic hydroxyl groups excluding tert-OH is 2. The van der Waals surface area contributed by atoms with E-state index in [2.05, 4.69) is 19.1 Å². The van der Waals surface area contributed by atoms with Gasteiger partial charge in [0, 0.05) is 0 Å². The lowest BCUT2D eigenvalue weighted by atomic mass is 10.1. The van der Waals surface area contributed by atoms with Crippen LogP contribution in [0.5, 0.6) is 0 Å². The third kappa shape index (κ3) is 9.75. The van der Waals surface area contributed by atoms with E-state index >= 15 is 0 Å². The minimum Gasteiger partial charge on any atom is -0.394 e. The highest BCUT2D eigenvalue weighted by atomic mass is 16.3. The average Bonchev–Trinajstić information content (AvgIpc) is 2.21. The molecule has 0 aromatic rings. The molecule has 0 radical (unpaired) electrons. The summed E-state index contributed by atoms with van der Waals surface area (Å²) >= 11 is 0. The first kappa shape index (κ1) is 13.7. The molecule has 14 heavy (non-hydrogen) atoms. The van der Waals surface area contributed by atoms with Crippen molar-refractivity contribution in [3.8, 4) is 0 Å². The van der Waals surface area contributed by atoms with E-state index in [9.17, 15) is 0 Å². The Morgan fingerprint density at radius 1 is 1.07 bits per heavy atom. The molecule has 2 nitrogen and oxygen atoms in total. The summed E-state index contributed by atoms with van der Waals surface area (Å²) in [5.74, 6) is 0. The molecule has 0 aliphatic heterocycles. The van der Waals surface area contributed by atoms with E-state index in [0.29, 0.717) is 0 Å². The van der Waals surface area contributed by atoms with E-state index in [-0.39, 0.29) is 6.61 Å². The fourth-order valence-electron chi connectivity index (χ4n) is 1.43. The first-order valence-corrected chi connectivity index (χ1v) is 5.71. The summed E-state index contributed by atoms with van der Waals surface area (Å²) in [6.45, 7) is 1.96. The first-order valence-electron chi connectivity index (χ1n) is 5.71. The molecule has 0 aliphatic rings. The van der Waals surface area contributed by atoms with E-state index in [1.54, 1.807) is 0 Å². The van der Waals surface area contributed by atoms with Gasteiger partial charge in [0.1, 0.15) is 0 Å². The van der Waals surface area contributed by atoms with E-state index in [0.717, 1.165) is 12.8 Å². The zero-order valence-corrected chi connectivity index (χ0v) is 9.28. The van der Waals surface area contributed by atoms with Crippen LogP contribution < -0.4 is 0 Å². The molecule has 0 saturated carbocycles. The van der Waals surface area contributed by atoms with Crippen molar-refractivity contribution >= 4 is 0 Å². The molecule has 0 aromatic carbocycles. The summed E-state index contributed by atoms with van der Waals surface area (Å²) in [7, 11) is 0. The van der Waals surface area contributed by atoms with Crippen LogP contribution in [0.25, 0.3) is 0 Å². The largest absolute Gasteiger partial charge is 0.394 e. The lowest BCUT2D eigenvalue weighted by Crippen LogP contribution is -2.10. The maximum atomic E-state index is 9.07. The normalized spacial score (nSPS) is 13.6. The lowest BCUT2D eigenvalue weighted by Gasteiger charge is -2.05. The summed E-state index contributed by atoms with van der Waals surface area (Å²) in [6, 6.07) is 0. The van der Waals surface area contributed by atoms with E-state index in [1.165, 1.54) is 32.1 Å². The lowest BCUT2D eigenvalue weighted by molar-refractivity contribution is 0.0860. The smallest absolute Gasteiger partial charge is 0.0770 e. The van der Waals surface area contributed by atoms with E-state index in [1.807, 2.05) is 0 Å². The van der Waals surface area contributed by atoms with Gasteiger partial charge in [-0.3, -0.25) is 0 Å². The zero-order valence-electron chi connectivity index (χ0n) is 9.28. The van der Waals surface area contributed by atoms with Crippen LogP contribution in [0.3, 0.4) is 0 Å². The monoisotopic (exact) mass is 200 g/mol. The van der Waals surface area contributed by atoms with Gasteiger partial charge in [-0.2, -0.15) is 0 Å². The molecule has 0 aromatic heterocycles. The molecule has 1 unspecified atom stereocenters. The summed E-state index contributed by atoms with van der Waals surface area (Å²) in [6.07, 6.45) is 11.7. The Kier molecular flexibility index (Phi) is 10.5. The number of unbranched alkanes of at least 4 members (excludes halogenated alkanes) is 5. The average molecular weight is 200 g/mol. The second kappa shape index (κ2) is 10.7. The molecule has 0 aliphatic carbocycles. The fraction of sp³-hybridized carbons (Fsp3) is 0.833. The van der Waals surface area contributed by atoms with Crippen molar-refractivity contribution in [2.75, 3.05) is 6.61 Å². The van der Waals surface area contributed by atoms with Crippen LogP contribution in [0.2, 0.25) is 0 Å². The summed E-state index contributed by atoms with van der Waals surface area (Å²) < 4.78 is 0. The molecule has 0 spiro atoms. The topological polar surface area (TPSA) is 40.5 Å². The minimum absolute atomic E-state index is 0.0959. The molecule has 0 bridgehead atoms. The predicted octanol–water partition coefficient (Wildman–Crippen LogP) is 2.65. The highest BCUT2D eigenvalue weighted by Gasteiger charge is 2.00. The van der Waals surface area contributed by atoms with Crippen LogP contribution >= 0.6 is 0 Å². The first-order chi connectivity index (χ1) is 6.81. The van der Waals surface area contributed by atoms with Gasteiger partial charge in [-0.1, -0.05) is 37.8 Å². The Bertz CT molecular complexity index is 132. The third-order valence-corrected chi connectivity index (χ3v) is 2.35. The van der Waals surface area contributed by atoms with Gasteiger partial charge in [-0.05, 0) is 26.2 Å². The van der Waals surface area contributed by atoms with Crippen LogP contribution in [0, 0.1) is 0 Å². The van der Waals surface area contributed by atoms with Crippen molar-refractivity contribution < 1.29 is 10.2 Å². The van der Waals surface area contributed by atoms with Gasteiger partial charge >= 0.3 is 0 Å². The summed E-state index contributed by atoms with van der Waals surface area (Å²) in [5.41, 5.74) is 0. The molecule has 2 N–H and O–H groups in total. The Balaban J connectivity index is 2.99. The second-order valence-electron chi connectivity index (χ2n) is 3.75. The highest BCUT2D eigenvalue weighted by molar-refractivity contribution is 4.76. The number of rotatable bonds is 9. The van der Waals surface area contributed by atoms with Gasteiger partial charge < -0.3 is 10.2 Å². The minimum atomic E-state index is -0.502. The summed E-state index contributed by atoms with van der Waals surface area (Å²) in [5, 5.41) is 17.6. The van der Waals surface area contributed by atoms with Gasteiger partial charge in [0.25, 0.3) is 0 Å². The maximum absolute atomic E-state index is 9.07. The fourth-order valence-corrected chi connectivity index (χ4v) is 1.43. The van der Waals surface area contributed by atoms with Gasteiger partial charge in [-0.15, -0.1) is 0 Å². The van der Waals surface area contributed by atoms with Crippen molar-refractivity contribution in [1.82, 2.24) is 0 Å². The highest BCUT2D eigenvalue weighted by Crippen LogP contribution is 2.08. The molecule has 0 rings (SSSR count). The molecule has 0 fully saturated rings. The van der Waals surface area contributed by atoms with E-state index < -0.39 is 6.10 Å². The number of hydrogen-bond acceptors (Lipinski definition) is 2. The molecular formula is C12H24O2. The van der Waals surface area contributed by atoms with Crippen LogP contribution in [0.1, 0.15) is 51.9 Å². The van der Waals surface area contributed by atoms with Crippen LogP contribution in [0.4, 0.5) is 0 Å². The van der Waals surface area contributed by atoms with Crippen LogP contribution in [0.15, 0.2) is 12.2 Å². The number of aliphatic hydroxyl groups is 2. The maximum Gasteiger partial charge on any atom is 0.0770 e. The summed E-state index contributed by atoms with van der Waals surface area (Å²) in [4.78, 5) is 0. The molecule has 84 valence electrons. The van der Waals surface area contributed by atoms with E-state index in [4.69, 9.17) is 10.2 Å². The SMILES string of the molecule is CC=CCCCCCCCC(O)CO. The van der Waals surface area contributed by atoms with Crippen molar-refractivity contribution in [2.24, 2.45) is 0 Å². The molecule has 0 saturated heterocycles. The standard InChI is InChI=1S/C12H24O2/c1-2-3-4-5-6-7-8-9-10-12(14)11-13/h2-3,12-14H,4-11H2,1H3. The zero-order chi connectivity index (χ0) is 10.6. The van der Waals surface area contributed by atoms with Crippen molar-refractivity contribution in [3.05, 3.63) is 12.2 Å². The Labute approximate surface area is 87.7 Å². The predicted molar refractivity (Wildman–Crippen MR) is 60.2 cm³/mol. The van der Waals surface area contributed by atoms with Gasteiger partial charge in [0.05, 0.1) is 12.7 Å². The Morgan fingerprint density at radius 2 is 1.71 bits per heavy atom. The van der Waals surface area contributed by atoms with Gasteiger partial charge in [0.15, 0.2) is 0 Å². The Morgan fingerprint density at radius 3 is 2.36 bits per heavy atom. The second-order valence-corrected chi connectivity index (χ2v) is 3.75. The van der Waals surface area contributed by atoms with Crippen molar-refractivity contribution in [2.45, 2.75) is 58.0 Å². The van der Waals surface area contributed by atoms with Crippen molar-refractivity contribution in [1.29, 1.82) is 0 Å².